The van der Waals surface area contributed by atoms with Gasteiger partial charge in [-0.05, 0) is 25.1 Å². The van der Waals surface area contributed by atoms with Crippen LogP contribution < -0.4 is 4.90 Å². The predicted molar refractivity (Wildman–Crippen MR) is 62.8 cm³/mol. The fraction of sp³-hybridized carbons (Fsp3) is 0.364. The maximum atomic E-state index is 13.0. The van der Waals surface area contributed by atoms with Gasteiger partial charge in [0.2, 0.25) is 5.91 Å². The molecular formula is C11H13BrFNO. The van der Waals surface area contributed by atoms with E-state index in [0.717, 1.165) is 0 Å². The molecule has 0 atom stereocenters. The molecule has 2 nitrogen and oxygen atoms in total. The first kappa shape index (κ1) is 12.2. The van der Waals surface area contributed by atoms with Crippen molar-refractivity contribution >= 4 is 27.5 Å². The number of benzene rings is 1. The highest BCUT2D eigenvalue weighted by Gasteiger charge is 2.12. The zero-order valence-electron chi connectivity index (χ0n) is 8.54. The molecule has 0 N–H and O–H groups in total. The van der Waals surface area contributed by atoms with Crippen LogP contribution in [-0.4, -0.2) is 17.8 Å². The average Bonchev–Trinajstić information content (AvgIpc) is 2.19. The molecule has 0 unspecified atom stereocenters. The first-order valence-electron chi connectivity index (χ1n) is 4.81. The summed E-state index contributed by atoms with van der Waals surface area (Å²) in [7, 11) is 0. The third kappa shape index (κ3) is 3.30. The van der Waals surface area contributed by atoms with Gasteiger partial charge in [0.05, 0.1) is 0 Å². The lowest BCUT2D eigenvalue weighted by atomic mass is 10.2. The van der Waals surface area contributed by atoms with E-state index in [2.05, 4.69) is 15.9 Å². The number of alkyl halides is 1. The SMILES string of the molecule is CCN(C(=O)CCBr)c1cccc(F)c1. The molecule has 82 valence electrons. The molecule has 1 aromatic carbocycles. The summed E-state index contributed by atoms with van der Waals surface area (Å²) in [6, 6.07) is 6.08. The van der Waals surface area contributed by atoms with E-state index in [1.807, 2.05) is 6.92 Å². The van der Waals surface area contributed by atoms with Crippen LogP contribution in [0.25, 0.3) is 0 Å². The normalized spacial score (nSPS) is 10.1. The molecular weight excluding hydrogens is 261 g/mol. The van der Waals surface area contributed by atoms with Gasteiger partial charge in [-0.1, -0.05) is 22.0 Å². The van der Waals surface area contributed by atoms with Gasteiger partial charge in [-0.15, -0.1) is 0 Å². The summed E-state index contributed by atoms with van der Waals surface area (Å²) in [6.07, 6.45) is 0.421. The van der Waals surface area contributed by atoms with Crippen molar-refractivity contribution in [3.05, 3.63) is 30.1 Å². The Bertz CT molecular complexity index is 343. The van der Waals surface area contributed by atoms with Crippen molar-refractivity contribution in [1.82, 2.24) is 0 Å². The molecule has 4 heteroatoms. The van der Waals surface area contributed by atoms with Gasteiger partial charge in [-0.3, -0.25) is 4.79 Å². The molecule has 1 amide bonds. The quantitative estimate of drug-likeness (QED) is 0.773. The van der Waals surface area contributed by atoms with E-state index in [-0.39, 0.29) is 11.7 Å². The number of carbonyl (C=O) groups excluding carboxylic acids is 1. The number of nitrogens with zero attached hydrogens (tertiary/aromatic N) is 1. The number of anilines is 1. The van der Waals surface area contributed by atoms with Gasteiger partial charge in [0, 0.05) is 24.0 Å². The van der Waals surface area contributed by atoms with Gasteiger partial charge in [0.15, 0.2) is 0 Å². The maximum Gasteiger partial charge on any atom is 0.227 e. The molecule has 15 heavy (non-hydrogen) atoms. The fourth-order valence-electron chi connectivity index (χ4n) is 1.36. The number of halogens is 2. The Labute approximate surface area is 97.2 Å². The number of carbonyl (C=O) groups is 1. The Morgan fingerprint density at radius 1 is 1.53 bits per heavy atom. The van der Waals surface area contributed by atoms with Crippen molar-refractivity contribution in [2.24, 2.45) is 0 Å². The molecule has 0 spiro atoms. The molecule has 1 aromatic rings. The molecule has 0 aliphatic heterocycles. The molecule has 0 saturated heterocycles. The van der Waals surface area contributed by atoms with Crippen molar-refractivity contribution < 1.29 is 9.18 Å². The fourth-order valence-corrected chi connectivity index (χ4v) is 1.70. The van der Waals surface area contributed by atoms with Crippen molar-refractivity contribution in [2.45, 2.75) is 13.3 Å². The Kier molecular flexibility index (Phi) is 4.75. The highest BCUT2D eigenvalue weighted by atomic mass is 79.9. The van der Waals surface area contributed by atoms with Crippen LogP contribution in [0.3, 0.4) is 0 Å². The standard InChI is InChI=1S/C11H13BrFNO/c1-2-14(11(15)6-7-12)10-5-3-4-9(13)8-10/h3-5,8H,2,6-7H2,1H3. The Morgan fingerprint density at radius 3 is 2.80 bits per heavy atom. The van der Waals surface area contributed by atoms with Crippen LogP contribution in [0.2, 0.25) is 0 Å². The monoisotopic (exact) mass is 273 g/mol. The van der Waals surface area contributed by atoms with E-state index in [9.17, 15) is 9.18 Å². The summed E-state index contributed by atoms with van der Waals surface area (Å²) in [6.45, 7) is 2.42. The number of amides is 1. The average molecular weight is 274 g/mol. The van der Waals surface area contributed by atoms with Crippen LogP contribution in [-0.2, 0) is 4.79 Å². The predicted octanol–water partition coefficient (Wildman–Crippen LogP) is 2.96. The lowest BCUT2D eigenvalue weighted by Crippen LogP contribution is -2.30. The minimum atomic E-state index is -0.322. The van der Waals surface area contributed by atoms with Gasteiger partial charge < -0.3 is 4.90 Å². The van der Waals surface area contributed by atoms with E-state index in [1.165, 1.54) is 12.1 Å². The topological polar surface area (TPSA) is 20.3 Å². The van der Waals surface area contributed by atoms with E-state index in [4.69, 9.17) is 0 Å². The van der Waals surface area contributed by atoms with Crippen LogP contribution >= 0.6 is 15.9 Å². The lowest BCUT2D eigenvalue weighted by molar-refractivity contribution is -0.118. The maximum absolute atomic E-state index is 13.0. The third-order valence-electron chi connectivity index (χ3n) is 2.05. The Balaban J connectivity index is 2.87. The highest BCUT2D eigenvalue weighted by Crippen LogP contribution is 2.16. The largest absolute Gasteiger partial charge is 0.313 e. The van der Waals surface area contributed by atoms with E-state index in [0.29, 0.717) is 24.0 Å². The smallest absolute Gasteiger partial charge is 0.227 e. The summed E-state index contributed by atoms with van der Waals surface area (Å²) < 4.78 is 13.0. The van der Waals surface area contributed by atoms with E-state index < -0.39 is 0 Å². The van der Waals surface area contributed by atoms with Crippen LogP contribution in [0, 0.1) is 5.82 Å². The molecule has 0 aliphatic rings. The minimum absolute atomic E-state index is 0.0000231. The first-order chi connectivity index (χ1) is 7.19. The molecule has 0 radical (unpaired) electrons. The van der Waals surface area contributed by atoms with Crippen LogP contribution in [0.15, 0.2) is 24.3 Å². The molecule has 0 aliphatic carbocycles. The first-order valence-corrected chi connectivity index (χ1v) is 5.93. The number of rotatable bonds is 4. The van der Waals surface area contributed by atoms with E-state index >= 15 is 0 Å². The second-order valence-electron chi connectivity index (χ2n) is 3.06. The summed E-state index contributed by atoms with van der Waals surface area (Å²) in [4.78, 5) is 13.2. The van der Waals surface area contributed by atoms with Gasteiger partial charge in [-0.25, -0.2) is 4.39 Å². The zero-order chi connectivity index (χ0) is 11.3. The van der Waals surface area contributed by atoms with Crippen molar-refractivity contribution in [3.63, 3.8) is 0 Å². The van der Waals surface area contributed by atoms with Crippen molar-refractivity contribution in [2.75, 3.05) is 16.8 Å². The van der Waals surface area contributed by atoms with Crippen molar-refractivity contribution in [1.29, 1.82) is 0 Å². The van der Waals surface area contributed by atoms with Crippen LogP contribution in [0.1, 0.15) is 13.3 Å². The summed E-state index contributed by atoms with van der Waals surface area (Å²) >= 11 is 3.21. The number of hydrogen-bond acceptors (Lipinski definition) is 1. The zero-order valence-corrected chi connectivity index (χ0v) is 10.1. The van der Waals surface area contributed by atoms with Gasteiger partial charge in [0.25, 0.3) is 0 Å². The third-order valence-corrected chi connectivity index (χ3v) is 2.44. The second kappa shape index (κ2) is 5.85. The van der Waals surface area contributed by atoms with E-state index in [1.54, 1.807) is 17.0 Å². The van der Waals surface area contributed by atoms with Crippen LogP contribution in [0.5, 0.6) is 0 Å². The van der Waals surface area contributed by atoms with Crippen molar-refractivity contribution in [3.8, 4) is 0 Å². The highest BCUT2D eigenvalue weighted by molar-refractivity contribution is 9.09. The van der Waals surface area contributed by atoms with Gasteiger partial charge in [0.1, 0.15) is 5.82 Å². The Hall–Kier alpha value is -0.900. The molecule has 0 saturated carbocycles. The molecule has 1 rings (SSSR count). The lowest BCUT2D eigenvalue weighted by Gasteiger charge is -2.20. The van der Waals surface area contributed by atoms with Crippen LogP contribution in [0.4, 0.5) is 10.1 Å². The summed E-state index contributed by atoms with van der Waals surface area (Å²) in [5.41, 5.74) is 0.614. The summed E-state index contributed by atoms with van der Waals surface area (Å²) in [5.74, 6) is -0.322. The molecule has 0 heterocycles. The second-order valence-corrected chi connectivity index (χ2v) is 3.85. The molecule has 0 bridgehead atoms. The molecule has 0 fully saturated rings. The van der Waals surface area contributed by atoms with Gasteiger partial charge in [-0.2, -0.15) is 0 Å². The molecule has 0 aromatic heterocycles. The van der Waals surface area contributed by atoms with Gasteiger partial charge >= 0.3 is 0 Å². The summed E-state index contributed by atoms with van der Waals surface area (Å²) in [5, 5.41) is 0.623. The minimum Gasteiger partial charge on any atom is -0.313 e. The number of hydrogen-bond donors (Lipinski definition) is 0. The Morgan fingerprint density at radius 2 is 2.27 bits per heavy atom.